The number of ketones is 1. The summed E-state index contributed by atoms with van der Waals surface area (Å²) < 4.78 is 4.60. The van der Waals surface area contributed by atoms with Gasteiger partial charge in [0.2, 0.25) is 0 Å². The van der Waals surface area contributed by atoms with Crippen molar-refractivity contribution in [1.82, 2.24) is 0 Å². The lowest BCUT2D eigenvalue weighted by Gasteiger charge is -2.06. The third-order valence-corrected chi connectivity index (χ3v) is 2.64. The monoisotopic (exact) mass is 304 g/mol. The van der Waals surface area contributed by atoms with Gasteiger partial charge >= 0.3 is 5.97 Å². The Morgan fingerprint density at radius 1 is 1.38 bits per heavy atom. The fourth-order valence-electron chi connectivity index (χ4n) is 1.26. The molecule has 0 amide bonds. The Balaban J connectivity index is 3.17. The number of benzene rings is 1. The number of hydrogen-bond donors (Lipinski definition) is 0. The van der Waals surface area contributed by atoms with E-state index in [1.165, 1.54) is 13.2 Å². The van der Waals surface area contributed by atoms with Gasteiger partial charge in [-0.3, -0.25) is 4.79 Å². The van der Waals surface area contributed by atoms with Crippen molar-refractivity contribution in [1.29, 1.82) is 0 Å². The molecular weight excluding hydrogens is 295 g/mol. The van der Waals surface area contributed by atoms with E-state index in [2.05, 4.69) is 20.7 Å². The molecule has 1 aromatic carbocycles. The summed E-state index contributed by atoms with van der Waals surface area (Å²) in [7, 11) is 1.27. The molecule has 0 heterocycles. The number of carbonyl (C=O) groups excluding carboxylic acids is 2. The topological polar surface area (TPSA) is 43.4 Å². The fraction of sp³-hybridized carbons (Fsp3) is 0.273. The van der Waals surface area contributed by atoms with Gasteiger partial charge in [-0.25, -0.2) is 4.79 Å². The minimum Gasteiger partial charge on any atom is -0.465 e. The number of halogens is 2. The SMILES string of the molecule is COC(=O)c1cc(Cl)ccc1C(=O)CCBr. The molecule has 86 valence electrons. The van der Waals surface area contributed by atoms with Crippen molar-refractivity contribution in [3.63, 3.8) is 0 Å². The van der Waals surface area contributed by atoms with E-state index in [9.17, 15) is 9.59 Å². The van der Waals surface area contributed by atoms with Crippen LogP contribution in [0.25, 0.3) is 0 Å². The highest BCUT2D eigenvalue weighted by atomic mass is 79.9. The normalized spacial score (nSPS) is 9.94. The quantitative estimate of drug-likeness (QED) is 0.488. The summed E-state index contributed by atoms with van der Waals surface area (Å²) in [5.74, 6) is -0.672. The highest BCUT2D eigenvalue weighted by molar-refractivity contribution is 9.09. The predicted molar refractivity (Wildman–Crippen MR) is 65.5 cm³/mol. The highest BCUT2D eigenvalue weighted by Crippen LogP contribution is 2.18. The van der Waals surface area contributed by atoms with Gasteiger partial charge < -0.3 is 4.74 Å². The van der Waals surface area contributed by atoms with E-state index in [1.807, 2.05) is 0 Å². The van der Waals surface area contributed by atoms with Crippen molar-refractivity contribution in [3.05, 3.63) is 34.3 Å². The number of methoxy groups -OCH3 is 1. The van der Waals surface area contributed by atoms with Crippen molar-refractivity contribution in [2.24, 2.45) is 0 Å². The molecule has 0 radical (unpaired) electrons. The van der Waals surface area contributed by atoms with E-state index >= 15 is 0 Å². The summed E-state index contributed by atoms with van der Waals surface area (Å²) in [6.45, 7) is 0. The molecule has 0 fully saturated rings. The van der Waals surface area contributed by atoms with E-state index in [0.29, 0.717) is 22.3 Å². The Hall–Kier alpha value is -0.870. The van der Waals surface area contributed by atoms with Gasteiger partial charge in [0.15, 0.2) is 5.78 Å². The van der Waals surface area contributed by atoms with Crippen molar-refractivity contribution >= 4 is 39.3 Å². The maximum absolute atomic E-state index is 11.7. The maximum Gasteiger partial charge on any atom is 0.338 e. The molecule has 0 unspecified atom stereocenters. The molecular formula is C11H10BrClO3. The van der Waals surface area contributed by atoms with Crippen LogP contribution >= 0.6 is 27.5 Å². The number of Topliss-reactive ketones (excluding diaryl/α,β-unsaturated/α-hetero) is 1. The van der Waals surface area contributed by atoms with E-state index in [1.54, 1.807) is 12.1 Å². The summed E-state index contributed by atoms with van der Waals surface area (Å²) >= 11 is 8.95. The molecule has 0 aliphatic heterocycles. The molecule has 0 atom stereocenters. The molecule has 0 bridgehead atoms. The molecule has 3 nitrogen and oxygen atoms in total. The second-order valence-electron chi connectivity index (χ2n) is 3.04. The van der Waals surface area contributed by atoms with Crippen LogP contribution in [0.2, 0.25) is 5.02 Å². The van der Waals surface area contributed by atoms with Crippen LogP contribution in [0, 0.1) is 0 Å². The molecule has 5 heteroatoms. The van der Waals surface area contributed by atoms with Crippen molar-refractivity contribution < 1.29 is 14.3 Å². The van der Waals surface area contributed by atoms with Gasteiger partial charge in [-0.2, -0.15) is 0 Å². The smallest absolute Gasteiger partial charge is 0.338 e. The lowest BCUT2D eigenvalue weighted by atomic mass is 10.0. The average Bonchev–Trinajstić information content (AvgIpc) is 2.28. The van der Waals surface area contributed by atoms with Crippen LogP contribution in [0.15, 0.2) is 18.2 Å². The van der Waals surface area contributed by atoms with Gasteiger partial charge in [0.05, 0.1) is 12.7 Å². The van der Waals surface area contributed by atoms with Gasteiger partial charge in [0.1, 0.15) is 0 Å². The largest absolute Gasteiger partial charge is 0.465 e. The first-order chi connectivity index (χ1) is 7.60. The van der Waals surface area contributed by atoms with E-state index in [0.717, 1.165) is 0 Å². The lowest BCUT2D eigenvalue weighted by molar-refractivity contribution is 0.0597. The van der Waals surface area contributed by atoms with Crippen LogP contribution in [0.4, 0.5) is 0 Å². The Bertz CT molecular complexity index is 418. The van der Waals surface area contributed by atoms with Crippen LogP contribution in [0.3, 0.4) is 0 Å². The number of hydrogen-bond acceptors (Lipinski definition) is 3. The molecule has 1 aromatic rings. The van der Waals surface area contributed by atoms with Crippen molar-refractivity contribution in [2.75, 3.05) is 12.4 Å². The summed E-state index contributed by atoms with van der Waals surface area (Å²) in [5, 5.41) is 0.950. The number of esters is 1. The number of rotatable bonds is 4. The fourth-order valence-corrected chi connectivity index (χ4v) is 1.79. The number of ether oxygens (including phenoxy) is 1. The van der Waals surface area contributed by atoms with E-state index in [-0.39, 0.29) is 11.3 Å². The number of alkyl halides is 1. The molecule has 0 aliphatic rings. The van der Waals surface area contributed by atoms with Crippen LogP contribution in [0.1, 0.15) is 27.1 Å². The Kier molecular flexibility index (Phi) is 4.96. The van der Waals surface area contributed by atoms with E-state index in [4.69, 9.17) is 11.6 Å². The summed E-state index contributed by atoms with van der Waals surface area (Å²) in [6, 6.07) is 4.56. The van der Waals surface area contributed by atoms with E-state index < -0.39 is 5.97 Å². The third kappa shape index (κ3) is 3.06. The minimum atomic E-state index is -0.555. The zero-order chi connectivity index (χ0) is 12.1. The summed E-state index contributed by atoms with van der Waals surface area (Å²) in [6.07, 6.45) is 0.325. The average molecular weight is 306 g/mol. The van der Waals surface area contributed by atoms with Gasteiger partial charge in [-0.05, 0) is 18.2 Å². The third-order valence-electron chi connectivity index (χ3n) is 2.01. The molecule has 0 aliphatic carbocycles. The van der Waals surface area contributed by atoms with Gasteiger partial charge in [-0.1, -0.05) is 27.5 Å². The summed E-state index contributed by atoms with van der Waals surface area (Å²) in [5.41, 5.74) is 0.552. The van der Waals surface area contributed by atoms with Gasteiger partial charge in [0.25, 0.3) is 0 Å². The molecule has 16 heavy (non-hydrogen) atoms. The minimum absolute atomic E-state index is 0.117. The first-order valence-corrected chi connectivity index (χ1v) is 6.07. The van der Waals surface area contributed by atoms with Crippen LogP contribution in [-0.4, -0.2) is 24.2 Å². The molecule has 1 rings (SSSR count). The first-order valence-electron chi connectivity index (χ1n) is 4.57. The zero-order valence-corrected chi connectivity index (χ0v) is 11.0. The van der Waals surface area contributed by atoms with Crippen LogP contribution < -0.4 is 0 Å². The second-order valence-corrected chi connectivity index (χ2v) is 4.27. The van der Waals surface area contributed by atoms with Crippen molar-refractivity contribution in [2.45, 2.75) is 6.42 Å². The lowest BCUT2D eigenvalue weighted by Crippen LogP contribution is -2.10. The molecule has 0 aromatic heterocycles. The van der Waals surface area contributed by atoms with Crippen molar-refractivity contribution in [3.8, 4) is 0 Å². The Labute approximate surface area is 107 Å². The first kappa shape index (κ1) is 13.2. The highest BCUT2D eigenvalue weighted by Gasteiger charge is 2.17. The van der Waals surface area contributed by atoms with Gasteiger partial charge in [0, 0.05) is 22.3 Å². The second kappa shape index (κ2) is 6.01. The predicted octanol–water partition coefficient (Wildman–Crippen LogP) is 3.09. The van der Waals surface area contributed by atoms with Crippen LogP contribution in [-0.2, 0) is 4.74 Å². The number of carbonyl (C=O) groups is 2. The molecule has 0 N–H and O–H groups in total. The molecule has 0 saturated heterocycles. The Morgan fingerprint density at radius 2 is 2.06 bits per heavy atom. The standard InChI is InChI=1S/C11H10BrClO3/c1-16-11(15)9-6-7(13)2-3-8(9)10(14)4-5-12/h2-3,6H,4-5H2,1H3. The maximum atomic E-state index is 11.7. The van der Waals surface area contributed by atoms with Gasteiger partial charge in [-0.15, -0.1) is 0 Å². The summed E-state index contributed by atoms with van der Waals surface area (Å²) in [4.78, 5) is 23.2. The van der Waals surface area contributed by atoms with Crippen LogP contribution in [0.5, 0.6) is 0 Å². The molecule has 0 spiro atoms. The Morgan fingerprint density at radius 3 is 2.62 bits per heavy atom. The zero-order valence-electron chi connectivity index (χ0n) is 8.63. The molecule has 0 saturated carbocycles.